The third-order valence-corrected chi connectivity index (χ3v) is 12.5. The van der Waals surface area contributed by atoms with Crippen LogP contribution in [0.15, 0.2) is 71.7 Å². The molecule has 1 atom stereocenters. The van der Waals surface area contributed by atoms with Crippen LogP contribution in [0.1, 0.15) is 98.0 Å². The van der Waals surface area contributed by atoms with E-state index in [2.05, 4.69) is 59.5 Å². The highest BCUT2D eigenvalue weighted by molar-refractivity contribution is 6.09. The number of carbonyl (C=O) groups excluding carboxylic acids is 3. The predicted molar refractivity (Wildman–Crippen MR) is 239 cm³/mol. The fourth-order valence-electron chi connectivity index (χ4n) is 8.86. The van der Waals surface area contributed by atoms with E-state index in [1.54, 1.807) is 29.2 Å². The maximum absolute atomic E-state index is 14.1. The molecule has 1 unspecified atom stereocenters. The Hall–Kier alpha value is -6.11. The number of aromatic nitrogens is 6. The highest BCUT2D eigenvalue weighted by Crippen LogP contribution is 2.36. The Bertz CT molecular complexity index is 2620. The van der Waals surface area contributed by atoms with Crippen LogP contribution in [0.25, 0.3) is 33.4 Å². The standard InChI is InChI=1S/C47H54F2N10O6/c48-43(49)42-36(54-45(61)37-28-65-47(55-37)32-15-17-51-40(24-32)53-26-31-5-6-31)27-58(57-42)33-10-7-30(8-11-33)25-50-18-20-64-22-21-63-19-2-3-29-9-12-34-35-4-1-16-52-44(35)59(39(34)23-29)38-13-14-41(60)56-46(38)62/h1,4,9,12,15-17,23-24,27-28,30-31,33,38,43,50H,2-3,5-8,10-11,13-14,18-22,25-26H2,(H,51,53)(H,54,61)(H,56,60,62)/t30-,33-,38?. The number of nitrogens with one attached hydrogen (secondary N) is 4. The van der Waals surface area contributed by atoms with Gasteiger partial charge in [-0.2, -0.15) is 5.10 Å². The third-order valence-electron chi connectivity index (χ3n) is 12.5. The first kappa shape index (κ1) is 44.1. The van der Waals surface area contributed by atoms with Crippen LogP contribution >= 0.6 is 0 Å². The van der Waals surface area contributed by atoms with Crippen LogP contribution in [-0.4, -0.2) is 93.1 Å². The van der Waals surface area contributed by atoms with Gasteiger partial charge in [0.1, 0.15) is 23.8 Å². The second-order valence-corrected chi connectivity index (χ2v) is 17.2. The van der Waals surface area contributed by atoms with Crippen LogP contribution in [0.3, 0.4) is 0 Å². The molecule has 65 heavy (non-hydrogen) atoms. The molecule has 5 aromatic heterocycles. The van der Waals surface area contributed by atoms with Crippen LogP contribution in [0.5, 0.6) is 0 Å². The van der Waals surface area contributed by atoms with Gasteiger partial charge in [-0.25, -0.2) is 23.7 Å². The molecule has 6 heterocycles. The van der Waals surface area contributed by atoms with E-state index < -0.39 is 24.1 Å². The summed E-state index contributed by atoms with van der Waals surface area (Å²) in [6.45, 7) is 4.54. The number of carbonyl (C=O) groups is 3. The molecular weight excluding hydrogens is 839 g/mol. The zero-order chi connectivity index (χ0) is 44.7. The Balaban J connectivity index is 0.656. The molecular formula is C47H54F2N10O6. The quantitative estimate of drug-likeness (QED) is 0.0414. The van der Waals surface area contributed by atoms with Crippen molar-refractivity contribution in [3.05, 3.63) is 84.3 Å². The lowest BCUT2D eigenvalue weighted by atomic mass is 9.86. The molecule has 0 spiro atoms. The number of hydrogen-bond acceptors (Lipinski definition) is 12. The smallest absolute Gasteiger partial charge is 0.284 e. The van der Waals surface area contributed by atoms with Gasteiger partial charge in [0, 0.05) is 61.0 Å². The largest absolute Gasteiger partial charge is 0.444 e. The molecule has 3 aliphatic rings. The summed E-state index contributed by atoms with van der Waals surface area (Å²) in [5.74, 6) is 0.838. The summed E-state index contributed by atoms with van der Waals surface area (Å²) in [5, 5.41) is 18.1. The minimum atomic E-state index is -2.87. The molecule has 0 radical (unpaired) electrons. The summed E-state index contributed by atoms with van der Waals surface area (Å²) in [7, 11) is 0. The van der Waals surface area contributed by atoms with Gasteiger partial charge in [-0.05, 0) is 112 Å². The van der Waals surface area contributed by atoms with Gasteiger partial charge in [0.2, 0.25) is 17.7 Å². The van der Waals surface area contributed by atoms with Crippen LogP contribution in [0.4, 0.5) is 20.3 Å². The monoisotopic (exact) mass is 892 g/mol. The van der Waals surface area contributed by atoms with Crippen molar-refractivity contribution in [2.75, 3.05) is 56.7 Å². The van der Waals surface area contributed by atoms with Gasteiger partial charge in [-0.1, -0.05) is 12.1 Å². The lowest BCUT2D eigenvalue weighted by Gasteiger charge is -2.28. The van der Waals surface area contributed by atoms with E-state index >= 15 is 0 Å². The number of alkyl halides is 2. The minimum Gasteiger partial charge on any atom is -0.444 e. The summed E-state index contributed by atoms with van der Waals surface area (Å²) < 4.78 is 49.0. The van der Waals surface area contributed by atoms with Crippen molar-refractivity contribution in [1.82, 2.24) is 39.9 Å². The average molecular weight is 893 g/mol. The molecule has 4 N–H and O–H groups in total. The number of imide groups is 1. The number of rotatable bonds is 21. The van der Waals surface area contributed by atoms with Crippen molar-refractivity contribution in [3.63, 3.8) is 0 Å². The van der Waals surface area contributed by atoms with Gasteiger partial charge in [0.15, 0.2) is 11.4 Å². The van der Waals surface area contributed by atoms with Gasteiger partial charge in [0.05, 0.1) is 37.1 Å². The Kier molecular flexibility index (Phi) is 13.8. The molecule has 18 heteroatoms. The minimum absolute atomic E-state index is 0.0307. The number of oxazole rings is 1. The number of anilines is 2. The summed E-state index contributed by atoms with van der Waals surface area (Å²) in [5.41, 5.74) is 2.91. The Labute approximate surface area is 374 Å². The Morgan fingerprint density at radius 3 is 2.54 bits per heavy atom. The van der Waals surface area contributed by atoms with Crippen LogP contribution in [0.2, 0.25) is 0 Å². The zero-order valence-corrected chi connectivity index (χ0v) is 36.1. The van der Waals surface area contributed by atoms with Crippen molar-refractivity contribution < 1.29 is 37.1 Å². The first-order valence-corrected chi connectivity index (χ1v) is 22.7. The fraction of sp³-hybridized carbons (Fsp3) is 0.468. The molecule has 9 rings (SSSR count). The van der Waals surface area contributed by atoms with E-state index in [0.717, 1.165) is 79.1 Å². The van der Waals surface area contributed by atoms with Gasteiger partial charge in [-0.3, -0.25) is 24.4 Å². The average Bonchev–Trinajstić information content (AvgIpc) is 3.68. The topological polar surface area (TPSA) is 192 Å². The van der Waals surface area contributed by atoms with Crippen molar-refractivity contribution in [3.8, 4) is 11.5 Å². The number of aryl methyl sites for hydroxylation is 1. The Morgan fingerprint density at radius 2 is 1.72 bits per heavy atom. The number of pyridine rings is 2. The zero-order valence-electron chi connectivity index (χ0n) is 36.1. The van der Waals surface area contributed by atoms with Gasteiger partial charge < -0.3 is 34.4 Å². The van der Waals surface area contributed by atoms with Crippen LogP contribution in [0, 0.1) is 11.8 Å². The van der Waals surface area contributed by atoms with Gasteiger partial charge in [0.25, 0.3) is 12.3 Å². The second-order valence-electron chi connectivity index (χ2n) is 17.2. The number of amides is 3. The molecule has 1 saturated heterocycles. The number of ether oxygens (including phenoxy) is 2. The van der Waals surface area contributed by atoms with E-state index in [1.807, 2.05) is 16.7 Å². The lowest BCUT2D eigenvalue weighted by molar-refractivity contribution is -0.135. The van der Waals surface area contributed by atoms with E-state index in [0.29, 0.717) is 69.0 Å². The fourth-order valence-corrected chi connectivity index (χ4v) is 8.86. The molecule has 3 fully saturated rings. The maximum Gasteiger partial charge on any atom is 0.284 e. The summed E-state index contributed by atoms with van der Waals surface area (Å²) in [4.78, 5) is 51.0. The number of benzene rings is 1. The van der Waals surface area contributed by atoms with Crippen molar-refractivity contribution in [2.24, 2.45) is 11.8 Å². The molecule has 6 aromatic rings. The molecule has 16 nitrogen and oxygen atoms in total. The summed E-state index contributed by atoms with van der Waals surface area (Å²) in [6, 6.07) is 13.2. The van der Waals surface area contributed by atoms with Gasteiger partial charge in [-0.15, -0.1) is 0 Å². The van der Waals surface area contributed by atoms with Crippen LogP contribution in [-0.2, 0) is 25.5 Å². The van der Waals surface area contributed by atoms with E-state index in [-0.39, 0.29) is 35.1 Å². The highest BCUT2D eigenvalue weighted by atomic mass is 19.3. The molecule has 1 aliphatic heterocycles. The predicted octanol–water partition coefficient (Wildman–Crippen LogP) is 7.41. The van der Waals surface area contributed by atoms with Crippen molar-refractivity contribution in [1.29, 1.82) is 0 Å². The number of fused-ring (bicyclic) bond motifs is 3. The molecule has 1 aromatic carbocycles. The molecule has 2 saturated carbocycles. The SMILES string of the molecule is O=C1CCC(n2c3cc(CCCOCCOCCNC[C@H]4CC[C@H](n5cc(NC(=O)c6coc(-c7ccnc(NCC8CC8)c7)n6)c(C(F)F)n5)CC4)ccc3c3cccnc32)C(=O)N1. The normalized spacial score (nSPS) is 19.0. The highest BCUT2D eigenvalue weighted by Gasteiger charge is 2.31. The number of hydrogen-bond donors (Lipinski definition) is 4. The van der Waals surface area contributed by atoms with E-state index in [4.69, 9.17) is 13.9 Å². The van der Waals surface area contributed by atoms with Crippen molar-refractivity contribution >= 4 is 51.2 Å². The second kappa shape index (κ2) is 20.4. The molecule has 0 bridgehead atoms. The Morgan fingerprint density at radius 1 is 0.908 bits per heavy atom. The molecule has 342 valence electrons. The first-order chi connectivity index (χ1) is 31.8. The third kappa shape index (κ3) is 10.7. The molecule has 2 aliphatic carbocycles. The summed E-state index contributed by atoms with van der Waals surface area (Å²) >= 11 is 0. The van der Waals surface area contributed by atoms with Crippen LogP contribution < -0.4 is 21.3 Å². The van der Waals surface area contributed by atoms with E-state index in [1.165, 1.54) is 25.3 Å². The van der Waals surface area contributed by atoms with E-state index in [9.17, 15) is 23.2 Å². The first-order valence-electron chi connectivity index (χ1n) is 22.7. The number of halogens is 2. The molecule has 3 amide bonds. The lowest BCUT2D eigenvalue weighted by Crippen LogP contribution is -2.41. The maximum atomic E-state index is 14.1. The number of nitrogens with zero attached hydrogens (tertiary/aromatic N) is 6. The van der Waals surface area contributed by atoms with Crippen molar-refractivity contribution in [2.45, 2.75) is 82.7 Å². The number of piperidine rings is 1. The van der Waals surface area contributed by atoms with Gasteiger partial charge >= 0.3 is 0 Å². The summed E-state index contributed by atoms with van der Waals surface area (Å²) in [6.07, 6.45) is 11.4.